The lowest BCUT2D eigenvalue weighted by molar-refractivity contribution is -0.132. The van der Waals surface area contributed by atoms with Crippen molar-refractivity contribution in [1.82, 2.24) is 14.7 Å². The molecule has 0 unspecified atom stereocenters. The number of aliphatic carboxylic acids is 1. The number of rotatable bonds is 8. The first-order chi connectivity index (χ1) is 18.1. The van der Waals surface area contributed by atoms with Crippen molar-refractivity contribution in [3.05, 3.63) is 108 Å². The van der Waals surface area contributed by atoms with Crippen molar-refractivity contribution in [2.45, 2.75) is 13.1 Å². The predicted octanol–water partition coefficient (Wildman–Crippen LogP) is 4.48. The predicted molar refractivity (Wildman–Crippen MR) is 137 cm³/mol. The maximum atomic E-state index is 13.1. The molecule has 1 aliphatic rings. The number of nitrogens with zero attached hydrogens (tertiary/aromatic N) is 3. The van der Waals surface area contributed by atoms with E-state index in [1.807, 2.05) is 85.1 Å². The molecule has 8 heteroatoms. The molecule has 1 aromatic heterocycles. The first kappa shape index (κ1) is 23.9. The van der Waals surface area contributed by atoms with Crippen molar-refractivity contribution in [2.24, 2.45) is 0 Å². The van der Waals surface area contributed by atoms with E-state index in [0.717, 1.165) is 34.5 Å². The second-order valence-corrected chi connectivity index (χ2v) is 8.49. The van der Waals surface area contributed by atoms with Gasteiger partial charge in [-0.05, 0) is 35.9 Å². The van der Waals surface area contributed by atoms with Crippen molar-refractivity contribution < 1.29 is 24.2 Å². The molecule has 0 bridgehead atoms. The molecule has 37 heavy (non-hydrogen) atoms. The van der Waals surface area contributed by atoms with Crippen LogP contribution in [0.3, 0.4) is 0 Å². The number of benzene rings is 3. The van der Waals surface area contributed by atoms with Gasteiger partial charge in [0, 0.05) is 36.0 Å². The molecule has 5 rings (SSSR count). The SMILES string of the molecule is O=C(O)/C=C/C(=O)N(Cc1ccccc1)Cc1cn(-c2ccccc2)nc1-c1ccc2c(c1)OCCO2. The number of carbonyl (C=O) groups is 2. The second-order valence-electron chi connectivity index (χ2n) is 8.49. The van der Waals surface area contributed by atoms with Crippen LogP contribution < -0.4 is 9.47 Å². The summed E-state index contributed by atoms with van der Waals surface area (Å²) in [4.78, 5) is 25.8. The van der Waals surface area contributed by atoms with E-state index in [1.54, 1.807) is 9.58 Å². The number of amides is 1. The number of fused-ring (bicyclic) bond motifs is 1. The van der Waals surface area contributed by atoms with Crippen LogP contribution in [0.2, 0.25) is 0 Å². The Morgan fingerprint density at radius 2 is 1.59 bits per heavy atom. The number of hydrogen-bond donors (Lipinski definition) is 1. The molecule has 0 atom stereocenters. The van der Waals surface area contributed by atoms with Crippen molar-refractivity contribution in [3.63, 3.8) is 0 Å². The maximum absolute atomic E-state index is 13.1. The Morgan fingerprint density at radius 1 is 0.892 bits per heavy atom. The zero-order chi connectivity index (χ0) is 25.6. The van der Waals surface area contributed by atoms with Crippen molar-refractivity contribution >= 4 is 11.9 Å². The highest BCUT2D eigenvalue weighted by molar-refractivity contribution is 5.94. The quantitative estimate of drug-likeness (QED) is 0.362. The molecule has 1 N–H and O–H groups in total. The Labute approximate surface area is 214 Å². The average Bonchev–Trinajstić information content (AvgIpc) is 3.36. The van der Waals surface area contributed by atoms with E-state index in [2.05, 4.69) is 0 Å². The van der Waals surface area contributed by atoms with Crippen molar-refractivity contribution in [3.8, 4) is 28.4 Å². The standard InChI is InChI=1S/C29H25N3O5/c33-27(13-14-28(34)35)31(18-21-7-3-1-4-8-21)19-23-20-32(24-9-5-2-6-10-24)30-29(23)22-11-12-25-26(17-22)37-16-15-36-25/h1-14,17,20H,15-16,18-19H2,(H,34,35)/b14-13+. The van der Waals surface area contributed by atoms with E-state index < -0.39 is 11.9 Å². The van der Waals surface area contributed by atoms with E-state index in [9.17, 15) is 9.59 Å². The Bertz CT molecular complexity index is 1430. The van der Waals surface area contributed by atoms with Crippen LogP contribution in [-0.2, 0) is 22.7 Å². The molecule has 1 amide bonds. The monoisotopic (exact) mass is 495 g/mol. The van der Waals surface area contributed by atoms with E-state index in [-0.39, 0.29) is 6.54 Å². The zero-order valence-electron chi connectivity index (χ0n) is 20.0. The molecule has 3 aromatic carbocycles. The third kappa shape index (κ3) is 5.70. The fourth-order valence-electron chi connectivity index (χ4n) is 4.14. The molecule has 0 fully saturated rings. The lowest BCUT2D eigenvalue weighted by Gasteiger charge is -2.22. The minimum absolute atomic E-state index is 0.217. The zero-order valence-corrected chi connectivity index (χ0v) is 20.0. The van der Waals surface area contributed by atoms with E-state index in [4.69, 9.17) is 19.7 Å². The Hall–Kier alpha value is -4.85. The number of carbonyl (C=O) groups excluding carboxylic acids is 1. The van der Waals surface area contributed by atoms with Crippen LogP contribution in [0.4, 0.5) is 0 Å². The molecule has 4 aromatic rings. The fourth-order valence-corrected chi connectivity index (χ4v) is 4.14. The Balaban J connectivity index is 1.55. The summed E-state index contributed by atoms with van der Waals surface area (Å²) in [6.07, 6.45) is 3.83. The summed E-state index contributed by atoms with van der Waals surface area (Å²) in [7, 11) is 0. The number of aromatic nitrogens is 2. The van der Waals surface area contributed by atoms with Gasteiger partial charge in [-0.3, -0.25) is 4.79 Å². The minimum Gasteiger partial charge on any atom is -0.486 e. The number of para-hydroxylation sites is 1. The van der Waals surface area contributed by atoms with Crippen LogP contribution in [0.15, 0.2) is 97.2 Å². The molecule has 0 radical (unpaired) electrons. The summed E-state index contributed by atoms with van der Waals surface area (Å²) >= 11 is 0. The van der Waals surface area contributed by atoms with Gasteiger partial charge in [-0.15, -0.1) is 0 Å². The van der Waals surface area contributed by atoms with Gasteiger partial charge in [-0.1, -0.05) is 48.5 Å². The smallest absolute Gasteiger partial charge is 0.328 e. The summed E-state index contributed by atoms with van der Waals surface area (Å²) < 4.78 is 13.2. The molecule has 0 saturated heterocycles. The highest BCUT2D eigenvalue weighted by Crippen LogP contribution is 2.35. The molecular formula is C29H25N3O5. The summed E-state index contributed by atoms with van der Waals surface area (Å²) in [6.45, 7) is 1.49. The maximum Gasteiger partial charge on any atom is 0.328 e. The highest BCUT2D eigenvalue weighted by atomic mass is 16.6. The van der Waals surface area contributed by atoms with E-state index in [0.29, 0.717) is 37.0 Å². The lowest BCUT2D eigenvalue weighted by Crippen LogP contribution is -2.28. The van der Waals surface area contributed by atoms with Crippen LogP contribution in [0, 0.1) is 0 Å². The van der Waals surface area contributed by atoms with Crippen LogP contribution in [0.1, 0.15) is 11.1 Å². The average molecular weight is 496 g/mol. The summed E-state index contributed by atoms with van der Waals surface area (Å²) in [5, 5.41) is 13.9. The minimum atomic E-state index is -1.18. The third-order valence-corrected chi connectivity index (χ3v) is 5.88. The van der Waals surface area contributed by atoms with Gasteiger partial charge in [0.1, 0.15) is 13.2 Å². The number of carboxylic acids is 1. The van der Waals surface area contributed by atoms with E-state index in [1.165, 1.54) is 0 Å². The van der Waals surface area contributed by atoms with Gasteiger partial charge < -0.3 is 19.5 Å². The molecule has 0 spiro atoms. The first-order valence-corrected chi connectivity index (χ1v) is 11.8. The van der Waals surface area contributed by atoms with Crippen molar-refractivity contribution in [1.29, 1.82) is 0 Å². The number of carboxylic acid groups (broad SMARTS) is 1. The first-order valence-electron chi connectivity index (χ1n) is 11.8. The van der Waals surface area contributed by atoms with Gasteiger partial charge >= 0.3 is 5.97 Å². The van der Waals surface area contributed by atoms with Gasteiger partial charge in [0.05, 0.1) is 17.9 Å². The van der Waals surface area contributed by atoms with Crippen LogP contribution in [0.25, 0.3) is 16.9 Å². The molecule has 186 valence electrons. The normalized spacial score (nSPS) is 12.4. The van der Waals surface area contributed by atoms with Gasteiger partial charge in [-0.25, -0.2) is 9.48 Å². The van der Waals surface area contributed by atoms with Crippen LogP contribution in [-0.4, -0.2) is 44.9 Å². The number of ether oxygens (including phenoxy) is 2. The fraction of sp³-hybridized carbons (Fsp3) is 0.138. The molecule has 0 saturated carbocycles. The summed E-state index contributed by atoms with van der Waals surface area (Å²) in [6, 6.07) is 24.9. The lowest BCUT2D eigenvalue weighted by atomic mass is 10.1. The highest BCUT2D eigenvalue weighted by Gasteiger charge is 2.21. The summed E-state index contributed by atoms with van der Waals surface area (Å²) in [5.74, 6) is -0.266. The second kappa shape index (κ2) is 10.8. The molecule has 1 aliphatic heterocycles. The van der Waals surface area contributed by atoms with Crippen molar-refractivity contribution in [2.75, 3.05) is 13.2 Å². The van der Waals surface area contributed by atoms with Gasteiger partial charge in [0.25, 0.3) is 0 Å². The largest absolute Gasteiger partial charge is 0.486 e. The molecule has 2 heterocycles. The molecule has 0 aliphatic carbocycles. The van der Waals surface area contributed by atoms with Crippen LogP contribution >= 0.6 is 0 Å². The summed E-state index contributed by atoms with van der Waals surface area (Å²) in [5.41, 5.74) is 4.11. The molecule has 8 nitrogen and oxygen atoms in total. The van der Waals surface area contributed by atoms with Crippen LogP contribution in [0.5, 0.6) is 11.5 Å². The molecular weight excluding hydrogens is 470 g/mol. The van der Waals surface area contributed by atoms with Gasteiger partial charge in [0.15, 0.2) is 11.5 Å². The van der Waals surface area contributed by atoms with E-state index >= 15 is 0 Å². The van der Waals surface area contributed by atoms with Gasteiger partial charge in [-0.2, -0.15) is 5.10 Å². The van der Waals surface area contributed by atoms with Gasteiger partial charge in [0.2, 0.25) is 5.91 Å². The third-order valence-electron chi connectivity index (χ3n) is 5.88. The Morgan fingerprint density at radius 3 is 2.32 bits per heavy atom. The number of hydrogen-bond acceptors (Lipinski definition) is 5. The topological polar surface area (TPSA) is 93.9 Å². The Kier molecular flexibility index (Phi) is 6.98.